The zero-order valence-corrected chi connectivity index (χ0v) is 11.0. The van der Waals surface area contributed by atoms with E-state index >= 15 is 0 Å². The Morgan fingerprint density at radius 3 is 2.06 bits per heavy atom. The molecule has 0 aliphatic carbocycles. The van der Waals surface area contributed by atoms with Crippen LogP contribution in [0.4, 0.5) is 0 Å². The van der Waals surface area contributed by atoms with E-state index in [-0.39, 0.29) is 0 Å². The number of rotatable bonds is 3. The van der Waals surface area contributed by atoms with Crippen LogP contribution in [0.2, 0.25) is 0 Å². The van der Waals surface area contributed by atoms with Gasteiger partial charge in [-0.1, -0.05) is 48.5 Å². The van der Waals surface area contributed by atoms with Gasteiger partial charge in [0, 0.05) is 12.5 Å². The number of nitrogens with zero attached hydrogens (tertiary/aromatic N) is 1. The molecule has 0 spiro atoms. The molecule has 0 aliphatic heterocycles. The molecular formula is C15H15NOS. The molecule has 0 aromatic heterocycles. The summed E-state index contributed by atoms with van der Waals surface area (Å²) < 4.78 is 16.7. The molecular weight excluding hydrogens is 242 g/mol. The van der Waals surface area contributed by atoms with Gasteiger partial charge in [-0.15, -0.1) is 0 Å². The van der Waals surface area contributed by atoms with Crippen molar-refractivity contribution in [2.75, 3.05) is 7.05 Å². The molecule has 0 radical (unpaired) electrons. The number of hydrogen-bond acceptors (Lipinski definition) is 2. The minimum Gasteiger partial charge on any atom is -0.240 e. The lowest BCUT2D eigenvalue weighted by Crippen LogP contribution is -1.95. The highest BCUT2D eigenvalue weighted by Crippen LogP contribution is 2.16. The lowest BCUT2D eigenvalue weighted by molar-refractivity contribution is 0.682. The van der Waals surface area contributed by atoms with Crippen LogP contribution in [0.15, 0.2) is 75.3 Å². The molecule has 0 aliphatic rings. The summed E-state index contributed by atoms with van der Waals surface area (Å²) in [6, 6.07) is 19.1. The molecule has 2 aromatic carbocycles. The smallest absolute Gasteiger partial charge is 0.0966 e. The van der Waals surface area contributed by atoms with E-state index in [4.69, 9.17) is 0 Å². The van der Waals surface area contributed by atoms with Crippen LogP contribution in [0.1, 0.15) is 5.56 Å². The van der Waals surface area contributed by atoms with E-state index in [2.05, 4.69) is 4.36 Å². The van der Waals surface area contributed by atoms with E-state index in [1.54, 1.807) is 12.5 Å². The van der Waals surface area contributed by atoms with Gasteiger partial charge in [-0.05, 0) is 23.8 Å². The molecule has 2 nitrogen and oxygen atoms in total. The van der Waals surface area contributed by atoms with Crippen LogP contribution in [0.3, 0.4) is 0 Å². The largest absolute Gasteiger partial charge is 0.240 e. The minimum absolute atomic E-state index is 0.736. The van der Waals surface area contributed by atoms with Gasteiger partial charge in [-0.25, -0.2) is 8.57 Å². The second kappa shape index (κ2) is 5.65. The maximum absolute atomic E-state index is 12.7. The highest BCUT2D eigenvalue weighted by Gasteiger charge is 2.06. The van der Waals surface area contributed by atoms with Crippen LogP contribution in [-0.2, 0) is 9.73 Å². The third-order valence-corrected chi connectivity index (χ3v) is 4.59. The lowest BCUT2D eigenvalue weighted by atomic mass is 10.2. The van der Waals surface area contributed by atoms with E-state index in [1.807, 2.05) is 66.7 Å². The van der Waals surface area contributed by atoms with Crippen molar-refractivity contribution < 1.29 is 4.21 Å². The Kier molecular flexibility index (Phi) is 3.95. The maximum Gasteiger partial charge on any atom is 0.0966 e. The second-order valence-electron chi connectivity index (χ2n) is 3.78. The minimum atomic E-state index is -2.46. The van der Waals surface area contributed by atoms with Crippen molar-refractivity contribution in [1.82, 2.24) is 0 Å². The Hall–Kier alpha value is -1.87. The Morgan fingerprint density at radius 1 is 0.944 bits per heavy atom. The standard InChI is InChI=1S/C15H15NOS/c1-16-18(17,15-10-6-3-7-11-15)13-12-14-8-4-2-5-9-14/h2-13H,1H3/b13-12+. The number of benzene rings is 2. The van der Waals surface area contributed by atoms with Gasteiger partial charge < -0.3 is 0 Å². The summed E-state index contributed by atoms with van der Waals surface area (Å²) in [5.74, 6) is 0. The molecule has 2 rings (SSSR count). The van der Waals surface area contributed by atoms with Crippen molar-refractivity contribution in [2.45, 2.75) is 4.90 Å². The first-order valence-electron chi connectivity index (χ1n) is 5.68. The Balaban J connectivity index is 2.37. The summed E-state index contributed by atoms with van der Waals surface area (Å²) >= 11 is 0. The average molecular weight is 257 g/mol. The van der Waals surface area contributed by atoms with Crippen molar-refractivity contribution in [3.63, 3.8) is 0 Å². The third-order valence-electron chi connectivity index (χ3n) is 2.60. The van der Waals surface area contributed by atoms with Crippen LogP contribution in [0.5, 0.6) is 0 Å². The first-order valence-corrected chi connectivity index (χ1v) is 7.26. The second-order valence-corrected chi connectivity index (χ2v) is 6.02. The Bertz CT molecular complexity index is 639. The van der Waals surface area contributed by atoms with Gasteiger partial charge in [0.25, 0.3) is 0 Å². The van der Waals surface area contributed by atoms with Gasteiger partial charge in [0.1, 0.15) is 0 Å². The average Bonchev–Trinajstić information content (AvgIpc) is 2.47. The first kappa shape index (κ1) is 12.6. The van der Waals surface area contributed by atoms with E-state index in [1.165, 1.54) is 0 Å². The van der Waals surface area contributed by atoms with Gasteiger partial charge in [0.2, 0.25) is 0 Å². The van der Waals surface area contributed by atoms with Gasteiger partial charge in [0.15, 0.2) is 0 Å². The van der Waals surface area contributed by atoms with Gasteiger partial charge in [0.05, 0.1) is 14.6 Å². The third kappa shape index (κ3) is 2.87. The summed E-state index contributed by atoms with van der Waals surface area (Å²) in [5.41, 5.74) is 1.02. The molecule has 0 heterocycles. The zero-order valence-electron chi connectivity index (χ0n) is 10.2. The molecule has 2 aromatic rings. The van der Waals surface area contributed by atoms with Crippen molar-refractivity contribution in [3.05, 3.63) is 71.6 Å². The number of hydrogen-bond donors (Lipinski definition) is 0. The highest BCUT2D eigenvalue weighted by atomic mass is 32.2. The summed E-state index contributed by atoms with van der Waals surface area (Å²) in [6.45, 7) is 0. The molecule has 3 heteroatoms. The Labute approximate surface area is 108 Å². The lowest BCUT2D eigenvalue weighted by Gasteiger charge is -2.03. The van der Waals surface area contributed by atoms with E-state index < -0.39 is 9.73 Å². The van der Waals surface area contributed by atoms with Gasteiger partial charge in [-0.2, -0.15) is 0 Å². The summed E-state index contributed by atoms with van der Waals surface area (Å²) in [6.07, 6.45) is 1.85. The van der Waals surface area contributed by atoms with E-state index in [0.29, 0.717) is 0 Å². The summed E-state index contributed by atoms with van der Waals surface area (Å²) in [5, 5.41) is 1.68. The monoisotopic (exact) mass is 257 g/mol. The predicted octanol–water partition coefficient (Wildman–Crippen LogP) is 3.81. The van der Waals surface area contributed by atoms with Gasteiger partial charge in [-0.3, -0.25) is 0 Å². The molecule has 18 heavy (non-hydrogen) atoms. The fourth-order valence-electron chi connectivity index (χ4n) is 1.60. The quantitative estimate of drug-likeness (QED) is 0.822. The molecule has 0 fully saturated rings. The highest BCUT2D eigenvalue weighted by molar-refractivity contribution is 7.96. The SMILES string of the molecule is CN=S(=O)(/C=C/c1ccccc1)c1ccccc1. The fourth-order valence-corrected chi connectivity index (χ4v) is 2.97. The van der Waals surface area contributed by atoms with Crippen LogP contribution in [0.25, 0.3) is 6.08 Å². The predicted molar refractivity (Wildman–Crippen MR) is 76.7 cm³/mol. The van der Waals surface area contributed by atoms with E-state index in [0.717, 1.165) is 10.5 Å². The zero-order chi connectivity index (χ0) is 12.8. The molecule has 92 valence electrons. The summed E-state index contributed by atoms with van der Waals surface area (Å²) in [7, 11) is -0.871. The molecule has 0 saturated carbocycles. The maximum atomic E-state index is 12.7. The van der Waals surface area contributed by atoms with Crippen molar-refractivity contribution in [3.8, 4) is 0 Å². The first-order chi connectivity index (χ1) is 8.74. The normalized spacial score (nSPS) is 14.3. The molecule has 0 bridgehead atoms. The van der Waals surface area contributed by atoms with Crippen molar-refractivity contribution in [1.29, 1.82) is 0 Å². The topological polar surface area (TPSA) is 29.4 Å². The van der Waals surface area contributed by atoms with Crippen LogP contribution < -0.4 is 0 Å². The van der Waals surface area contributed by atoms with Crippen molar-refractivity contribution in [2.24, 2.45) is 4.36 Å². The molecule has 0 saturated heterocycles. The molecule has 0 N–H and O–H groups in total. The van der Waals surface area contributed by atoms with E-state index in [9.17, 15) is 4.21 Å². The molecule has 0 amide bonds. The Morgan fingerprint density at radius 2 is 1.50 bits per heavy atom. The van der Waals surface area contributed by atoms with Crippen LogP contribution in [-0.4, -0.2) is 11.3 Å². The molecule has 1 atom stereocenters. The molecule has 1 unspecified atom stereocenters. The van der Waals surface area contributed by atoms with Crippen LogP contribution in [0, 0.1) is 0 Å². The fraction of sp³-hybridized carbons (Fsp3) is 0.0667. The van der Waals surface area contributed by atoms with Gasteiger partial charge >= 0.3 is 0 Å². The summed E-state index contributed by atoms with van der Waals surface area (Å²) in [4.78, 5) is 0.736. The van der Waals surface area contributed by atoms with Crippen LogP contribution >= 0.6 is 0 Å². The van der Waals surface area contributed by atoms with Crippen molar-refractivity contribution >= 4 is 15.8 Å².